The summed E-state index contributed by atoms with van der Waals surface area (Å²) in [5.74, 6) is -0.722. The smallest absolute Gasteiger partial charge is 0.212 e. The third-order valence-electron chi connectivity index (χ3n) is 2.40. The van der Waals surface area contributed by atoms with Crippen LogP contribution < -0.4 is 10.0 Å². The van der Waals surface area contributed by atoms with Crippen molar-refractivity contribution >= 4 is 19.9 Å². The van der Waals surface area contributed by atoms with Gasteiger partial charge >= 0.3 is 0 Å². The van der Waals surface area contributed by atoms with E-state index in [2.05, 4.69) is 10.0 Å². The zero-order valence-corrected chi connectivity index (χ0v) is 11.4. The van der Waals surface area contributed by atoms with Crippen molar-refractivity contribution in [2.24, 2.45) is 0 Å². The maximum atomic E-state index is 11.5. The molecule has 0 saturated carbocycles. The van der Waals surface area contributed by atoms with Gasteiger partial charge in [0.15, 0.2) is 0 Å². The van der Waals surface area contributed by atoms with Gasteiger partial charge in [-0.05, 0) is 13.0 Å². The SMILES string of the molecule is CS(=O)(=O)CCS(=O)(=O)NCC1=CCNCC1. The molecule has 6 nitrogen and oxygen atoms in total. The first-order valence-corrected chi connectivity index (χ1v) is 9.03. The molecule has 0 radical (unpaired) electrons. The first-order valence-electron chi connectivity index (χ1n) is 5.32. The van der Waals surface area contributed by atoms with Crippen LogP contribution in [-0.2, 0) is 19.9 Å². The summed E-state index contributed by atoms with van der Waals surface area (Å²) >= 11 is 0. The summed E-state index contributed by atoms with van der Waals surface area (Å²) in [5, 5.41) is 3.12. The summed E-state index contributed by atoms with van der Waals surface area (Å²) in [6.45, 7) is 1.87. The fraction of sp³-hybridized carbons (Fsp3) is 0.778. The van der Waals surface area contributed by atoms with Crippen LogP contribution in [0.3, 0.4) is 0 Å². The molecule has 0 aromatic rings. The Morgan fingerprint density at radius 2 is 2.00 bits per heavy atom. The highest BCUT2D eigenvalue weighted by atomic mass is 32.2. The van der Waals surface area contributed by atoms with Gasteiger partial charge in [-0.1, -0.05) is 11.6 Å². The van der Waals surface area contributed by atoms with Crippen molar-refractivity contribution in [1.82, 2.24) is 10.0 Å². The highest BCUT2D eigenvalue weighted by molar-refractivity contribution is 7.93. The van der Waals surface area contributed by atoms with Gasteiger partial charge < -0.3 is 5.32 Å². The van der Waals surface area contributed by atoms with Crippen molar-refractivity contribution in [1.29, 1.82) is 0 Å². The Kier molecular flexibility index (Phi) is 5.11. The van der Waals surface area contributed by atoms with Crippen molar-refractivity contribution in [3.05, 3.63) is 11.6 Å². The molecule has 1 aliphatic rings. The van der Waals surface area contributed by atoms with E-state index in [-0.39, 0.29) is 18.1 Å². The Hall–Kier alpha value is -0.440. The molecule has 0 bridgehead atoms. The molecule has 0 saturated heterocycles. The minimum absolute atomic E-state index is 0.272. The van der Waals surface area contributed by atoms with E-state index in [1.54, 1.807) is 0 Å². The molecule has 1 rings (SSSR count). The van der Waals surface area contributed by atoms with Crippen molar-refractivity contribution in [2.45, 2.75) is 6.42 Å². The average Bonchev–Trinajstić information content (AvgIpc) is 2.25. The summed E-state index contributed by atoms with van der Waals surface area (Å²) in [6.07, 6.45) is 3.79. The number of hydrogen-bond donors (Lipinski definition) is 2. The number of rotatable bonds is 6. The van der Waals surface area contributed by atoms with Gasteiger partial charge in [0.25, 0.3) is 0 Å². The number of sulfone groups is 1. The van der Waals surface area contributed by atoms with Crippen molar-refractivity contribution in [2.75, 3.05) is 37.4 Å². The molecule has 17 heavy (non-hydrogen) atoms. The first-order chi connectivity index (χ1) is 7.79. The van der Waals surface area contributed by atoms with Crippen LogP contribution in [0.1, 0.15) is 6.42 Å². The third-order valence-corrected chi connectivity index (χ3v) is 4.93. The zero-order valence-electron chi connectivity index (χ0n) is 9.77. The predicted octanol–water partition coefficient (Wildman–Crippen LogP) is -1.13. The standard InChI is InChI=1S/C9H18N2O4S2/c1-16(12,13)6-7-17(14,15)11-8-9-2-4-10-5-3-9/h2,10-11H,3-8H2,1H3. The number of hydrogen-bond acceptors (Lipinski definition) is 5. The Bertz CT molecular complexity index is 479. The van der Waals surface area contributed by atoms with Crippen LogP contribution in [-0.4, -0.2) is 54.2 Å². The van der Waals surface area contributed by atoms with E-state index in [0.717, 1.165) is 31.3 Å². The Morgan fingerprint density at radius 3 is 2.53 bits per heavy atom. The lowest BCUT2D eigenvalue weighted by molar-refractivity contribution is 0.579. The van der Waals surface area contributed by atoms with E-state index in [0.29, 0.717) is 0 Å². The van der Waals surface area contributed by atoms with Crippen LogP contribution in [0.2, 0.25) is 0 Å². The van der Waals surface area contributed by atoms with Crippen LogP contribution >= 0.6 is 0 Å². The normalized spacial score (nSPS) is 17.8. The topological polar surface area (TPSA) is 92.3 Å². The lowest BCUT2D eigenvalue weighted by Gasteiger charge is -2.14. The molecule has 1 heterocycles. The minimum Gasteiger partial charge on any atom is -0.313 e. The number of nitrogens with one attached hydrogen (secondary N) is 2. The largest absolute Gasteiger partial charge is 0.313 e. The van der Waals surface area contributed by atoms with E-state index in [1.165, 1.54) is 0 Å². The molecule has 0 amide bonds. The highest BCUT2D eigenvalue weighted by Crippen LogP contribution is 2.03. The van der Waals surface area contributed by atoms with Crippen LogP contribution in [0.15, 0.2) is 11.6 Å². The molecule has 8 heteroatoms. The second-order valence-electron chi connectivity index (χ2n) is 4.09. The van der Waals surface area contributed by atoms with Crippen molar-refractivity contribution < 1.29 is 16.8 Å². The molecular weight excluding hydrogens is 264 g/mol. The molecule has 0 unspecified atom stereocenters. The summed E-state index contributed by atoms with van der Waals surface area (Å²) in [4.78, 5) is 0. The van der Waals surface area contributed by atoms with Gasteiger partial charge in [0.05, 0.1) is 11.5 Å². The van der Waals surface area contributed by atoms with Gasteiger partial charge in [0.2, 0.25) is 10.0 Å². The van der Waals surface area contributed by atoms with E-state index < -0.39 is 19.9 Å². The maximum absolute atomic E-state index is 11.5. The van der Waals surface area contributed by atoms with E-state index in [9.17, 15) is 16.8 Å². The third kappa shape index (κ3) is 6.77. The Labute approximate surface area is 102 Å². The average molecular weight is 282 g/mol. The maximum Gasteiger partial charge on any atom is 0.212 e. The molecule has 0 aromatic heterocycles. The summed E-state index contributed by atoms with van der Waals surface area (Å²) in [7, 11) is -6.75. The fourth-order valence-electron chi connectivity index (χ4n) is 1.37. The van der Waals surface area contributed by atoms with Crippen LogP contribution in [0.4, 0.5) is 0 Å². The molecule has 2 N–H and O–H groups in total. The van der Waals surface area contributed by atoms with Gasteiger partial charge in [-0.25, -0.2) is 21.6 Å². The molecule has 100 valence electrons. The molecule has 1 aliphatic heterocycles. The predicted molar refractivity (Wildman–Crippen MR) is 67.1 cm³/mol. The molecule has 0 aromatic carbocycles. The molecule has 0 fully saturated rings. The monoisotopic (exact) mass is 282 g/mol. The quantitative estimate of drug-likeness (QED) is 0.601. The van der Waals surface area contributed by atoms with Crippen molar-refractivity contribution in [3.63, 3.8) is 0 Å². The fourth-order valence-corrected chi connectivity index (χ4v) is 4.00. The van der Waals surface area contributed by atoms with Crippen LogP contribution in [0.5, 0.6) is 0 Å². The lowest BCUT2D eigenvalue weighted by Crippen LogP contribution is -2.33. The lowest BCUT2D eigenvalue weighted by atomic mass is 10.1. The van der Waals surface area contributed by atoms with Gasteiger partial charge in [0.1, 0.15) is 9.84 Å². The molecular formula is C9H18N2O4S2. The summed E-state index contributed by atoms with van der Waals surface area (Å²) in [5.41, 5.74) is 1.03. The van der Waals surface area contributed by atoms with Gasteiger partial charge in [-0.3, -0.25) is 0 Å². The van der Waals surface area contributed by atoms with E-state index in [1.807, 2.05) is 6.08 Å². The highest BCUT2D eigenvalue weighted by Gasteiger charge is 2.14. The van der Waals surface area contributed by atoms with Gasteiger partial charge in [-0.15, -0.1) is 0 Å². The Balaban J connectivity index is 2.41. The number of sulfonamides is 1. The minimum atomic E-state index is -3.50. The second-order valence-corrected chi connectivity index (χ2v) is 8.27. The zero-order chi connectivity index (χ0) is 12.9. The van der Waals surface area contributed by atoms with Gasteiger partial charge in [-0.2, -0.15) is 0 Å². The van der Waals surface area contributed by atoms with Crippen LogP contribution in [0.25, 0.3) is 0 Å². The summed E-state index contributed by atoms with van der Waals surface area (Å²) < 4.78 is 47.2. The molecule has 0 aliphatic carbocycles. The summed E-state index contributed by atoms with van der Waals surface area (Å²) in [6, 6.07) is 0. The first kappa shape index (κ1) is 14.6. The van der Waals surface area contributed by atoms with Crippen molar-refractivity contribution in [3.8, 4) is 0 Å². The second kappa shape index (κ2) is 5.94. The van der Waals surface area contributed by atoms with Gasteiger partial charge in [0, 0.05) is 19.3 Å². The Morgan fingerprint density at radius 1 is 1.29 bits per heavy atom. The molecule has 0 spiro atoms. The molecule has 0 atom stereocenters. The van der Waals surface area contributed by atoms with E-state index >= 15 is 0 Å². The van der Waals surface area contributed by atoms with Crippen LogP contribution in [0, 0.1) is 0 Å². The van der Waals surface area contributed by atoms with E-state index in [4.69, 9.17) is 0 Å².